The zero-order chi connectivity index (χ0) is 16.1. The van der Waals surface area contributed by atoms with Crippen molar-refractivity contribution in [1.82, 2.24) is 4.90 Å². The van der Waals surface area contributed by atoms with Crippen molar-refractivity contribution in [2.75, 3.05) is 14.1 Å². The molecule has 1 N–H and O–H groups in total. The number of hydrogen-bond acceptors (Lipinski definition) is 2. The van der Waals surface area contributed by atoms with E-state index in [0.717, 1.165) is 6.42 Å². The average Bonchev–Trinajstić information content (AvgIpc) is 2.43. The summed E-state index contributed by atoms with van der Waals surface area (Å²) >= 11 is 0. The van der Waals surface area contributed by atoms with Crippen LogP contribution in [0.2, 0.25) is 0 Å². The molecule has 124 valence electrons. The second-order valence-electron chi connectivity index (χ2n) is 6.30. The maximum atomic E-state index is 10.9. The van der Waals surface area contributed by atoms with E-state index in [4.69, 9.17) is 5.11 Å². The van der Waals surface area contributed by atoms with Gasteiger partial charge in [-0.2, -0.15) is 0 Å². The summed E-state index contributed by atoms with van der Waals surface area (Å²) in [6.45, 7) is 3.93. The number of hydrogen-bond donors (Lipinski definition) is 1. The summed E-state index contributed by atoms with van der Waals surface area (Å²) in [6, 6.07) is 0.241. The van der Waals surface area contributed by atoms with Gasteiger partial charge in [-0.3, -0.25) is 0 Å². The van der Waals surface area contributed by atoms with E-state index in [9.17, 15) is 4.79 Å². The quantitative estimate of drug-likeness (QED) is 0.389. The van der Waals surface area contributed by atoms with Crippen LogP contribution < -0.4 is 0 Å². The molecule has 0 fully saturated rings. The highest BCUT2D eigenvalue weighted by Crippen LogP contribution is 2.14. The van der Waals surface area contributed by atoms with Gasteiger partial charge in [0.15, 0.2) is 0 Å². The molecule has 0 aromatic rings. The number of unbranched alkanes of at least 4 members (excludes halogenated alkanes) is 8. The largest absolute Gasteiger partial charge is 0.478 e. The van der Waals surface area contributed by atoms with Gasteiger partial charge in [-0.25, -0.2) is 4.79 Å². The second-order valence-corrected chi connectivity index (χ2v) is 6.30. The highest BCUT2D eigenvalue weighted by Gasteiger charge is 2.10. The maximum absolute atomic E-state index is 10.9. The Hall–Kier alpha value is -0.830. The first-order valence-electron chi connectivity index (χ1n) is 8.57. The Bertz CT molecular complexity index is 298. The van der Waals surface area contributed by atoms with Gasteiger partial charge in [-0.05, 0) is 27.4 Å². The first-order chi connectivity index (χ1) is 9.99. The van der Waals surface area contributed by atoms with Crippen LogP contribution in [0.5, 0.6) is 0 Å². The van der Waals surface area contributed by atoms with Crippen LogP contribution in [-0.4, -0.2) is 36.1 Å². The van der Waals surface area contributed by atoms with Crippen molar-refractivity contribution in [1.29, 1.82) is 0 Å². The van der Waals surface area contributed by atoms with Crippen molar-refractivity contribution in [3.63, 3.8) is 0 Å². The lowest BCUT2D eigenvalue weighted by atomic mass is 10.0. The number of carbonyl (C=O) groups is 1. The van der Waals surface area contributed by atoms with E-state index in [2.05, 4.69) is 11.8 Å². The van der Waals surface area contributed by atoms with E-state index in [1.807, 2.05) is 20.2 Å². The molecule has 21 heavy (non-hydrogen) atoms. The predicted molar refractivity (Wildman–Crippen MR) is 90.7 cm³/mol. The fraction of sp³-hybridized carbons (Fsp3) is 0.833. The third-order valence-corrected chi connectivity index (χ3v) is 4.05. The van der Waals surface area contributed by atoms with Gasteiger partial charge >= 0.3 is 5.97 Å². The van der Waals surface area contributed by atoms with Gasteiger partial charge < -0.3 is 10.0 Å². The Morgan fingerprint density at radius 3 is 1.90 bits per heavy atom. The Morgan fingerprint density at radius 2 is 1.48 bits per heavy atom. The molecule has 0 aliphatic heterocycles. The fourth-order valence-corrected chi connectivity index (χ4v) is 2.51. The van der Waals surface area contributed by atoms with Crippen LogP contribution in [-0.2, 0) is 4.79 Å². The average molecular weight is 297 g/mol. The summed E-state index contributed by atoms with van der Waals surface area (Å²) in [4.78, 5) is 13.0. The first kappa shape index (κ1) is 20.2. The van der Waals surface area contributed by atoms with Gasteiger partial charge in [0.05, 0.1) is 0 Å². The van der Waals surface area contributed by atoms with Crippen LogP contribution in [0.25, 0.3) is 0 Å². The van der Waals surface area contributed by atoms with Gasteiger partial charge in [0, 0.05) is 11.6 Å². The number of rotatable bonds is 13. The lowest BCUT2D eigenvalue weighted by Crippen LogP contribution is -2.26. The van der Waals surface area contributed by atoms with Gasteiger partial charge in [-0.1, -0.05) is 70.8 Å². The molecule has 0 aliphatic rings. The summed E-state index contributed by atoms with van der Waals surface area (Å²) in [5.41, 5.74) is 0.449. The summed E-state index contributed by atoms with van der Waals surface area (Å²) in [6.07, 6.45) is 14.9. The van der Waals surface area contributed by atoms with Crippen molar-refractivity contribution in [3.05, 3.63) is 11.6 Å². The Morgan fingerprint density at radius 1 is 1.00 bits per heavy atom. The topological polar surface area (TPSA) is 40.5 Å². The monoisotopic (exact) mass is 297 g/mol. The molecule has 1 atom stereocenters. The molecule has 0 aromatic heterocycles. The molecule has 0 heterocycles. The zero-order valence-electron chi connectivity index (χ0n) is 14.5. The van der Waals surface area contributed by atoms with Crippen molar-refractivity contribution in [3.8, 4) is 0 Å². The Kier molecular flexibility index (Phi) is 12.4. The minimum atomic E-state index is -0.811. The van der Waals surface area contributed by atoms with Gasteiger partial charge in [0.25, 0.3) is 0 Å². The number of carboxylic acid groups (broad SMARTS) is 1. The lowest BCUT2D eigenvalue weighted by Gasteiger charge is -2.21. The predicted octanol–water partition coefficient (Wildman–Crippen LogP) is 4.87. The fourth-order valence-electron chi connectivity index (χ4n) is 2.51. The van der Waals surface area contributed by atoms with Gasteiger partial charge in [-0.15, -0.1) is 0 Å². The number of carboxylic acids is 1. The minimum absolute atomic E-state index is 0.241. The molecule has 0 spiro atoms. The smallest absolute Gasteiger partial charge is 0.331 e. The third-order valence-electron chi connectivity index (χ3n) is 4.05. The van der Waals surface area contributed by atoms with Crippen LogP contribution >= 0.6 is 0 Å². The molecular weight excluding hydrogens is 262 g/mol. The lowest BCUT2D eigenvalue weighted by molar-refractivity contribution is -0.132. The number of aliphatic carboxylic acids is 1. The highest BCUT2D eigenvalue weighted by atomic mass is 16.4. The van der Waals surface area contributed by atoms with E-state index >= 15 is 0 Å². The summed E-state index contributed by atoms with van der Waals surface area (Å²) < 4.78 is 0. The zero-order valence-corrected chi connectivity index (χ0v) is 14.5. The molecular formula is C18H35NO2. The molecule has 0 radical (unpaired) electrons. The molecule has 0 bridgehead atoms. The van der Waals surface area contributed by atoms with E-state index in [0.29, 0.717) is 5.57 Å². The molecule has 1 unspecified atom stereocenters. The molecule has 0 aliphatic carbocycles. The van der Waals surface area contributed by atoms with E-state index in [-0.39, 0.29) is 6.04 Å². The van der Waals surface area contributed by atoms with Crippen LogP contribution in [0.4, 0.5) is 0 Å². The molecule has 0 saturated heterocycles. The van der Waals surface area contributed by atoms with E-state index in [1.165, 1.54) is 57.8 Å². The van der Waals surface area contributed by atoms with Gasteiger partial charge in [0.1, 0.15) is 0 Å². The van der Waals surface area contributed by atoms with Crippen molar-refractivity contribution >= 4 is 5.97 Å². The molecule has 0 amide bonds. The van der Waals surface area contributed by atoms with Crippen LogP contribution in [0, 0.1) is 0 Å². The molecule has 0 saturated carbocycles. The normalized spacial score (nSPS) is 13.7. The maximum Gasteiger partial charge on any atom is 0.331 e. The van der Waals surface area contributed by atoms with E-state index in [1.54, 1.807) is 6.92 Å². The third kappa shape index (κ3) is 11.5. The van der Waals surface area contributed by atoms with Crippen molar-refractivity contribution in [2.45, 2.75) is 84.1 Å². The Labute approximate surface area is 131 Å². The molecule has 3 nitrogen and oxygen atoms in total. The Balaban J connectivity index is 3.76. The summed E-state index contributed by atoms with van der Waals surface area (Å²) in [5, 5.41) is 8.96. The standard InChI is InChI=1S/C18H35NO2/c1-5-6-7-8-9-10-11-12-13-14-17(19(3)4)15-16(2)18(20)21/h15,17H,5-14H2,1-4H3,(H,20,21). The second kappa shape index (κ2) is 12.9. The van der Waals surface area contributed by atoms with Crippen LogP contribution in [0.3, 0.4) is 0 Å². The van der Waals surface area contributed by atoms with Crippen LogP contribution in [0.1, 0.15) is 78.1 Å². The summed E-state index contributed by atoms with van der Waals surface area (Å²) in [5.74, 6) is -0.811. The van der Waals surface area contributed by atoms with Gasteiger partial charge in [0.2, 0.25) is 0 Å². The number of likely N-dealkylation sites (N-methyl/N-ethyl adjacent to an activating group) is 1. The minimum Gasteiger partial charge on any atom is -0.478 e. The molecule has 3 heteroatoms. The summed E-state index contributed by atoms with van der Waals surface area (Å²) in [7, 11) is 4.04. The van der Waals surface area contributed by atoms with Crippen molar-refractivity contribution < 1.29 is 9.90 Å². The molecule has 0 aromatic carbocycles. The first-order valence-corrected chi connectivity index (χ1v) is 8.57. The van der Waals surface area contributed by atoms with Crippen molar-refractivity contribution in [2.24, 2.45) is 0 Å². The molecule has 0 rings (SSSR count). The number of nitrogens with zero attached hydrogens (tertiary/aromatic N) is 1. The SMILES string of the molecule is CCCCCCCCCCCC(C=C(C)C(=O)O)N(C)C. The highest BCUT2D eigenvalue weighted by molar-refractivity contribution is 5.85. The van der Waals surface area contributed by atoms with Crippen LogP contribution in [0.15, 0.2) is 11.6 Å². The van der Waals surface area contributed by atoms with E-state index < -0.39 is 5.97 Å².